The minimum absolute atomic E-state index is 0.0613. The van der Waals surface area contributed by atoms with Crippen molar-refractivity contribution in [3.63, 3.8) is 0 Å². The molecule has 0 bridgehead atoms. The number of aromatic nitrogens is 1. The summed E-state index contributed by atoms with van der Waals surface area (Å²) >= 11 is 0. The van der Waals surface area contributed by atoms with Crippen LogP contribution >= 0.6 is 0 Å². The summed E-state index contributed by atoms with van der Waals surface area (Å²) in [5.41, 5.74) is 1.67. The van der Waals surface area contributed by atoms with Gasteiger partial charge in [-0.2, -0.15) is 0 Å². The Labute approximate surface area is 155 Å². The van der Waals surface area contributed by atoms with Crippen molar-refractivity contribution in [2.45, 2.75) is 37.8 Å². The zero-order valence-electron chi connectivity index (χ0n) is 15.8. The highest BCUT2D eigenvalue weighted by molar-refractivity contribution is 5.92. The maximum Gasteiger partial charge on any atom is 0.292 e. The first-order valence-electron chi connectivity index (χ1n) is 9.48. The predicted molar refractivity (Wildman–Crippen MR) is 101 cm³/mol. The highest BCUT2D eigenvalue weighted by atomic mass is 16.5. The van der Waals surface area contributed by atoms with Crippen molar-refractivity contribution in [3.05, 3.63) is 42.2 Å². The molecule has 138 valence electrons. The molecule has 1 amide bonds. The molecule has 5 nitrogen and oxygen atoms in total. The van der Waals surface area contributed by atoms with Gasteiger partial charge in [-0.25, -0.2) is 0 Å². The van der Waals surface area contributed by atoms with E-state index in [9.17, 15) is 4.79 Å². The molecule has 4 rings (SSSR count). The smallest absolute Gasteiger partial charge is 0.292 e. The molecule has 0 aliphatic heterocycles. The Morgan fingerprint density at radius 2 is 1.62 bits per heavy atom. The van der Waals surface area contributed by atoms with Gasteiger partial charge in [-0.15, -0.1) is 0 Å². The van der Waals surface area contributed by atoms with E-state index in [4.69, 9.17) is 4.52 Å². The molecule has 0 N–H and O–H groups in total. The van der Waals surface area contributed by atoms with Crippen LogP contribution in [-0.4, -0.2) is 54.1 Å². The van der Waals surface area contributed by atoms with E-state index >= 15 is 0 Å². The molecule has 5 heteroatoms. The number of carbonyl (C=O) groups is 1. The van der Waals surface area contributed by atoms with Crippen molar-refractivity contribution in [1.82, 2.24) is 15.0 Å². The Balaban J connectivity index is 1.41. The van der Waals surface area contributed by atoms with Gasteiger partial charge in [-0.05, 0) is 51.6 Å². The summed E-state index contributed by atoms with van der Waals surface area (Å²) in [5.74, 6) is 1.76. The second-order valence-corrected chi connectivity index (χ2v) is 8.09. The van der Waals surface area contributed by atoms with Gasteiger partial charge in [0.15, 0.2) is 0 Å². The molecule has 2 aliphatic carbocycles. The number of hydrogen-bond donors (Lipinski definition) is 0. The van der Waals surface area contributed by atoms with Crippen LogP contribution in [0.15, 0.2) is 40.9 Å². The number of benzene rings is 1. The van der Waals surface area contributed by atoms with E-state index in [1.54, 1.807) is 6.07 Å². The average Bonchev–Trinajstić information content (AvgIpc) is 3.35. The molecule has 2 aromatic rings. The summed E-state index contributed by atoms with van der Waals surface area (Å²) in [7, 11) is 6.25. The fraction of sp³-hybridized carbons (Fsp3) is 0.524. The first-order valence-corrected chi connectivity index (χ1v) is 9.48. The minimum Gasteiger partial charge on any atom is -0.350 e. The van der Waals surface area contributed by atoms with Gasteiger partial charge in [0, 0.05) is 30.8 Å². The SMILES string of the molecule is CN(C)C1C[C@@H]2CC(N(C)C(=O)c3cc(-c4ccccc4)no3)C[C@@H]2C1. The fourth-order valence-electron chi connectivity index (χ4n) is 4.75. The second-order valence-electron chi connectivity index (χ2n) is 8.09. The molecule has 1 aromatic carbocycles. The Morgan fingerprint density at radius 1 is 1.00 bits per heavy atom. The van der Waals surface area contributed by atoms with Crippen LogP contribution in [0.2, 0.25) is 0 Å². The first-order chi connectivity index (χ1) is 12.5. The molecular weight excluding hydrogens is 326 g/mol. The average molecular weight is 353 g/mol. The molecule has 2 saturated carbocycles. The van der Waals surface area contributed by atoms with E-state index in [1.807, 2.05) is 42.3 Å². The molecule has 0 spiro atoms. The highest BCUT2D eigenvalue weighted by Gasteiger charge is 2.44. The van der Waals surface area contributed by atoms with Crippen LogP contribution in [0.3, 0.4) is 0 Å². The summed E-state index contributed by atoms with van der Waals surface area (Å²) in [4.78, 5) is 17.1. The van der Waals surface area contributed by atoms with Crippen molar-refractivity contribution < 1.29 is 9.32 Å². The topological polar surface area (TPSA) is 49.6 Å². The number of carbonyl (C=O) groups excluding carboxylic acids is 1. The molecule has 1 heterocycles. The Hall–Kier alpha value is -2.14. The lowest BCUT2D eigenvalue weighted by atomic mass is 10.0. The van der Waals surface area contributed by atoms with Crippen molar-refractivity contribution in [2.24, 2.45) is 11.8 Å². The first kappa shape index (κ1) is 17.3. The van der Waals surface area contributed by atoms with E-state index in [2.05, 4.69) is 24.2 Å². The standard InChI is InChI=1S/C21H27N3O2/c1-23(2)17-9-15-11-18(12-16(15)10-17)24(3)21(25)20-13-19(22-26-20)14-7-5-4-6-8-14/h4-8,13,15-18H,9-12H2,1-3H3/t15-,16+,17?,18?. The van der Waals surface area contributed by atoms with Gasteiger partial charge in [-0.1, -0.05) is 35.5 Å². The van der Waals surface area contributed by atoms with E-state index in [0.717, 1.165) is 30.2 Å². The van der Waals surface area contributed by atoms with Crippen molar-refractivity contribution in [2.75, 3.05) is 21.1 Å². The molecule has 0 radical (unpaired) electrons. The van der Waals surface area contributed by atoms with Gasteiger partial charge in [0.05, 0.1) is 0 Å². The van der Waals surface area contributed by atoms with E-state index in [1.165, 1.54) is 12.8 Å². The largest absolute Gasteiger partial charge is 0.350 e. The van der Waals surface area contributed by atoms with Crippen LogP contribution in [0.1, 0.15) is 36.2 Å². The highest BCUT2D eigenvalue weighted by Crippen LogP contribution is 2.46. The third-order valence-electron chi connectivity index (χ3n) is 6.35. The van der Waals surface area contributed by atoms with Gasteiger partial charge in [-0.3, -0.25) is 4.79 Å². The van der Waals surface area contributed by atoms with Crippen molar-refractivity contribution in [1.29, 1.82) is 0 Å². The third-order valence-corrected chi connectivity index (χ3v) is 6.35. The molecule has 0 saturated heterocycles. The van der Waals surface area contributed by atoms with Crippen LogP contribution in [0.25, 0.3) is 11.3 Å². The van der Waals surface area contributed by atoms with Crippen LogP contribution in [0.4, 0.5) is 0 Å². The predicted octanol–water partition coefficient (Wildman–Crippen LogP) is 3.53. The normalized spacial score (nSPS) is 27.7. The van der Waals surface area contributed by atoms with Gasteiger partial charge in [0.25, 0.3) is 5.91 Å². The zero-order chi connectivity index (χ0) is 18.3. The summed E-state index contributed by atoms with van der Waals surface area (Å²) in [6.07, 6.45) is 4.74. The van der Waals surface area contributed by atoms with E-state index < -0.39 is 0 Å². The lowest BCUT2D eigenvalue weighted by Gasteiger charge is -2.26. The Kier molecular flexibility index (Phi) is 4.57. The van der Waals surface area contributed by atoms with Crippen LogP contribution < -0.4 is 0 Å². The van der Waals surface area contributed by atoms with Crippen molar-refractivity contribution >= 4 is 5.91 Å². The number of nitrogens with zero attached hydrogens (tertiary/aromatic N) is 3. The molecule has 1 aromatic heterocycles. The lowest BCUT2D eigenvalue weighted by Crippen LogP contribution is -2.36. The maximum atomic E-state index is 12.9. The zero-order valence-corrected chi connectivity index (χ0v) is 15.8. The summed E-state index contributed by atoms with van der Waals surface area (Å²) in [6, 6.07) is 12.6. The number of amides is 1. The number of hydrogen-bond acceptors (Lipinski definition) is 4. The maximum absolute atomic E-state index is 12.9. The number of rotatable bonds is 4. The van der Waals surface area contributed by atoms with Crippen LogP contribution in [0.5, 0.6) is 0 Å². The summed E-state index contributed by atoms with van der Waals surface area (Å²) in [6.45, 7) is 0. The van der Waals surface area contributed by atoms with Gasteiger partial charge >= 0.3 is 0 Å². The molecule has 26 heavy (non-hydrogen) atoms. The van der Waals surface area contributed by atoms with Crippen molar-refractivity contribution in [3.8, 4) is 11.3 Å². The third kappa shape index (κ3) is 3.16. The molecule has 2 unspecified atom stereocenters. The monoisotopic (exact) mass is 353 g/mol. The molecule has 2 fully saturated rings. The number of fused-ring (bicyclic) bond motifs is 1. The summed E-state index contributed by atoms with van der Waals surface area (Å²) in [5, 5.41) is 4.08. The Bertz CT molecular complexity index is 757. The quantitative estimate of drug-likeness (QED) is 0.844. The second kappa shape index (κ2) is 6.88. The molecule has 4 atom stereocenters. The van der Waals surface area contributed by atoms with Crippen LogP contribution in [-0.2, 0) is 0 Å². The van der Waals surface area contributed by atoms with Gasteiger partial charge < -0.3 is 14.3 Å². The van der Waals surface area contributed by atoms with E-state index in [0.29, 0.717) is 23.5 Å². The lowest BCUT2D eigenvalue weighted by molar-refractivity contribution is 0.0684. The summed E-state index contributed by atoms with van der Waals surface area (Å²) < 4.78 is 5.36. The Morgan fingerprint density at radius 3 is 2.23 bits per heavy atom. The fourth-order valence-corrected chi connectivity index (χ4v) is 4.75. The van der Waals surface area contributed by atoms with Gasteiger partial charge in [0.2, 0.25) is 5.76 Å². The van der Waals surface area contributed by atoms with Gasteiger partial charge in [0.1, 0.15) is 5.69 Å². The molecular formula is C21H27N3O2. The van der Waals surface area contributed by atoms with Crippen LogP contribution in [0, 0.1) is 11.8 Å². The minimum atomic E-state index is -0.0613. The molecule has 2 aliphatic rings. The van der Waals surface area contributed by atoms with E-state index in [-0.39, 0.29) is 5.91 Å².